The summed E-state index contributed by atoms with van der Waals surface area (Å²) in [7, 11) is 1.59. The molecule has 1 aromatic heterocycles. The van der Waals surface area contributed by atoms with Crippen molar-refractivity contribution in [1.29, 1.82) is 0 Å². The Morgan fingerprint density at radius 1 is 1.19 bits per heavy atom. The number of esters is 1. The number of aromatic nitrogens is 1. The molecule has 194 valence electrons. The minimum atomic E-state index is -0.685. The van der Waals surface area contributed by atoms with Gasteiger partial charge in [0.25, 0.3) is 5.56 Å². The Kier molecular flexibility index (Phi) is 8.40. The number of halogens is 2. The average molecular weight is 650 g/mol. The van der Waals surface area contributed by atoms with Crippen LogP contribution in [-0.4, -0.2) is 30.4 Å². The summed E-state index contributed by atoms with van der Waals surface area (Å²) in [6.45, 7) is 7.81. The Balaban J connectivity index is 1.91. The largest absolute Gasteiger partial charge is 0.494 e. The van der Waals surface area contributed by atoms with Gasteiger partial charge in [0.1, 0.15) is 11.5 Å². The van der Waals surface area contributed by atoms with Gasteiger partial charge in [0, 0.05) is 0 Å². The van der Waals surface area contributed by atoms with Crippen molar-refractivity contribution in [2.45, 2.75) is 39.8 Å². The third kappa shape index (κ3) is 5.61. The molecule has 0 aliphatic carbocycles. The van der Waals surface area contributed by atoms with Gasteiger partial charge in [-0.05, 0) is 101 Å². The molecule has 4 rings (SSSR count). The van der Waals surface area contributed by atoms with Gasteiger partial charge in [0.05, 0.1) is 50.6 Å². The second-order valence-corrected chi connectivity index (χ2v) is 11.3. The summed E-state index contributed by atoms with van der Waals surface area (Å²) in [6, 6.07) is 10.5. The van der Waals surface area contributed by atoms with Gasteiger partial charge >= 0.3 is 5.97 Å². The lowest BCUT2D eigenvalue weighted by Crippen LogP contribution is -2.40. The molecule has 37 heavy (non-hydrogen) atoms. The molecule has 0 unspecified atom stereocenters. The Morgan fingerprint density at radius 2 is 1.84 bits per heavy atom. The summed E-state index contributed by atoms with van der Waals surface area (Å²) >= 11 is 8.30. The molecule has 1 aliphatic rings. The predicted molar refractivity (Wildman–Crippen MR) is 151 cm³/mol. The number of hydrogen-bond donors (Lipinski definition) is 0. The van der Waals surface area contributed by atoms with E-state index in [2.05, 4.69) is 36.9 Å². The first-order valence-corrected chi connectivity index (χ1v) is 14.0. The van der Waals surface area contributed by atoms with E-state index in [-0.39, 0.29) is 11.7 Å². The van der Waals surface area contributed by atoms with Gasteiger partial charge in [-0.2, -0.15) is 0 Å². The van der Waals surface area contributed by atoms with Crippen LogP contribution in [0.2, 0.25) is 0 Å². The molecule has 0 bridgehead atoms. The number of hydrogen-bond acceptors (Lipinski definition) is 7. The number of carbonyl (C=O) groups excluding carboxylic acids is 1. The third-order valence-corrected chi connectivity index (χ3v) is 7.77. The van der Waals surface area contributed by atoms with E-state index in [0.717, 1.165) is 20.1 Å². The lowest BCUT2D eigenvalue weighted by atomic mass is 9.96. The first-order valence-electron chi connectivity index (χ1n) is 11.6. The molecule has 0 radical (unpaired) electrons. The van der Waals surface area contributed by atoms with Gasteiger partial charge < -0.3 is 14.2 Å². The quantitative estimate of drug-likeness (QED) is 0.332. The number of benzene rings is 2. The maximum absolute atomic E-state index is 13.8. The smallest absolute Gasteiger partial charge is 0.338 e. The molecule has 0 amide bonds. The maximum Gasteiger partial charge on any atom is 0.338 e. The van der Waals surface area contributed by atoms with E-state index >= 15 is 0 Å². The highest BCUT2D eigenvalue weighted by Crippen LogP contribution is 2.35. The van der Waals surface area contributed by atoms with Crippen LogP contribution in [0, 0.1) is 0 Å². The van der Waals surface area contributed by atoms with Crippen LogP contribution in [-0.2, 0) is 9.53 Å². The van der Waals surface area contributed by atoms with Crippen LogP contribution in [0.4, 0.5) is 0 Å². The second-order valence-electron chi connectivity index (χ2n) is 8.56. The summed E-state index contributed by atoms with van der Waals surface area (Å²) < 4.78 is 20.1. The van der Waals surface area contributed by atoms with Gasteiger partial charge in [0.15, 0.2) is 4.80 Å². The number of nitrogens with zero attached hydrogens (tertiary/aromatic N) is 2. The first kappa shape index (κ1) is 27.3. The van der Waals surface area contributed by atoms with Gasteiger partial charge in [0.2, 0.25) is 0 Å². The van der Waals surface area contributed by atoms with Gasteiger partial charge in [-0.3, -0.25) is 9.36 Å². The highest BCUT2D eigenvalue weighted by Gasteiger charge is 2.33. The van der Waals surface area contributed by atoms with Crippen LogP contribution in [0.1, 0.15) is 44.9 Å². The minimum Gasteiger partial charge on any atom is -0.494 e. The van der Waals surface area contributed by atoms with Crippen molar-refractivity contribution in [3.05, 3.63) is 87.4 Å². The molecular formula is C27H26Br2N2O5S. The summed E-state index contributed by atoms with van der Waals surface area (Å²) in [5, 5.41) is 0. The standard InChI is InChI=1S/C27H26Br2N2O5S/c1-6-35-18-9-7-17(8-10-18)23-22(26(33)36-14(2)3)15(4)30-27-31(23)25(32)21(37-27)13-16-11-19(28)24(34-5)20(29)12-16/h7-14,23H,6H2,1-5H3/b21-13+/t23-/m0/s1. The van der Waals surface area contributed by atoms with Gasteiger partial charge in [-0.15, -0.1) is 0 Å². The Labute approximate surface area is 235 Å². The van der Waals surface area contributed by atoms with Crippen molar-refractivity contribution < 1.29 is 19.0 Å². The molecule has 3 aromatic rings. The van der Waals surface area contributed by atoms with Crippen molar-refractivity contribution in [3.8, 4) is 11.5 Å². The highest BCUT2D eigenvalue weighted by atomic mass is 79.9. The molecule has 7 nitrogen and oxygen atoms in total. The molecular weight excluding hydrogens is 624 g/mol. The fraction of sp³-hybridized carbons (Fsp3) is 0.296. The Hall–Kier alpha value is -2.69. The molecule has 1 aliphatic heterocycles. The van der Waals surface area contributed by atoms with E-state index in [9.17, 15) is 9.59 Å². The van der Waals surface area contributed by atoms with Gasteiger partial charge in [-0.1, -0.05) is 23.5 Å². The summed E-state index contributed by atoms with van der Waals surface area (Å²) in [5.74, 6) is 0.881. The number of carbonyl (C=O) groups is 1. The van der Waals surface area contributed by atoms with E-state index in [1.165, 1.54) is 11.3 Å². The maximum atomic E-state index is 13.8. The normalized spacial score (nSPS) is 15.5. The Morgan fingerprint density at radius 3 is 2.41 bits per heavy atom. The zero-order valence-corrected chi connectivity index (χ0v) is 25.0. The summed E-state index contributed by atoms with van der Waals surface area (Å²) in [6.07, 6.45) is 1.49. The molecule has 0 saturated carbocycles. The molecule has 1 atom stereocenters. The van der Waals surface area contributed by atoms with Crippen LogP contribution in [0.5, 0.6) is 11.5 Å². The van der Waals surface area contributed by atoms with Crippen molar-refractivity contribution in [1.82, 2.24) is 4.57 Å². The monoisotopic (exact) mass is 648 g/mol. The molecule has 2 aromatic carbocycles. The topological polar surface area (TPSA) is 79.1 Å². The van der Waals surface area contributed by atoms with Crippen LogP contribution >= 0.6 is 43.2 Å². The van der Waals surface area contributed by atoms with E-state index in [0.29, 0.717) is 38.7 Å². The number of allylic oxidation sites excluding steroid dienone is 1. The van der Waals surface area contributed by atoms with Crippen molar-refractivity contribution >= 4 is 55.2 Å². The number of ether oxygens (including phenoxy) is 3. The highest BCUT2D eigenvalue weighted by molar-refractivity contribution is 9.11. The van der Waals surface area contributed by atoms with Crippen LogP contribution in [0.15, 0.2) is 66.4 Å². The number of methoxy groups -OCH3 is 1. The van der Waals surface area contributed by atoms with E-state index < -0.39 is 12.0 Å². The van der Waals surface area contributed by atoms with Crippen LogP contribution in [0.3, 0.4) is 0 Å². The summed E-state index contributed by atoms with van der Waals surface area (Å²) in [5.41, 5.74) is 2.18. The number of rotatable bonds is 7. The molecule has 0 N–H and O–H groups in total. The zero-order valence-electron chi connectivity index (χ0n) is 21.0. The predicted octanol–water partition coefficient (Wildman–Crippen LogP) is 5.12. The molecule has 2 heterocycles. The van der Waals surface area contributed by atoms with E-state index in [1.54, 1.807) is 38.5 Å². The average Bonchev–Trinajstić information content (AvgIpc) is 3.12. The fourth-order valence-electron chi connectivity index (χ4n) is 4.10. The fourth-order valence-corrected chi connectivity index (χ4v) is 6.69. The van der Waals surface area contributed by atoms with Gasteiger partial charge in [-0.25, -0.2) is 9.79 Å². The van der Waals surface area contributed by atoms with Crippen LogP contribution < -0.4 is 24.4 Å². The number of thiazole rings is 1. The third-order valence-electron chi connectivity index (χ3n) is 5.61. The zero-order chi connectivity index (χ0) is 26.9. The van der Waals surface area contributed by atoms with E-state index in [4.69, 9.17) is 14.2 Å². The Bertz CT molecular complexity index is 1530. The lowest BCUT2D eigenvalue weighted by molar-refractivity contribution is -0.143. The number of fused-ring (bicyclic) bond motifs is 1. The lowest BCUT2D eigenvalue weighted by Gasteiger charge is -2.25. The molecule has 0 saturated heterocycles. The first-order chi connectivity index (χ1) is 17.6. The molecule has 0 spiro atoms. The molecule has 0 fully saturated rings. The SMILES string of the molecule is CCOc1ccc([C@H]2C(C(=O)OC(C)C)=C(C)N=c3s/c(=C/c4cc(Br)c(OC)c(Br)c4)c(=O)n32)cc1. The molecule has 10 heteroatoms. The van der Waals surface area contributed by atoms with Crippen LogP contribution in [0.25, 0.3) is 6.08 Å². The van der Waals surface area contributed by atoms with Crippen molar-refractivity contribution in [2.75, 3.05) is 13.7 Å². The second kappa shape index (κ2) is 11.4. The van der Waals surface area contributed by atoms with Crippen molar-refractivity contribution in [3.63, 3.8) is 0 Å². The summed E-state index contributed by atoms with van der Waals surface area (Å²) in [4.78, 5) is 32.2. The van der Waals surface area contributed by atoms with E-state index in [1.807, 2.05) is 43.3 Å². The minimum absolute atomic E-state index is 0.243. The van der Waals surface area contributed by atoms with Crippen molar-refractivity contribution in [2.24, 2.45) is 4.99 Å².